The predicted molar refractivity (Wildman–Crippen MR) is 139 cm³/mol. The van der Waals surface area contributed by atoms with Crippen molar-refractivity contribution in [3.63, 3.8) is 0 Å². The van der Waals surface area contributed by atoms with Crippen molar-refractivity contribution >= 4 is 11.1 Å². The SMILES string of the molecule is COc1ccc2c(c1)O[C@@H](c1ccc(OCCN3CCCCC3)cc1)C(c1ccc(O)cc1)=C2C. The number of hydrogen-bond acceptors (Lipinski definition) is 5. The molecule has 0 radical (unpaired) electrons. The van der Waals surface area contributed by atoms with Crippen LogP contribution in [0, 0.1) is 0 Å². The first kappa shape index (κ1) is 23.3. The predicted octanol–water partition coefficient (Wildman–Crippen LogP) is 6.33. The fourth-order valence-corrected chi connectivity index (χ4v) is 5.02. The summed E-state index contributed by atoms with van der Waals surface area (Å²) in [4.78, 5) is 2.48. The molecule has 0 aromatic heterocycles. The molecule has 35 heavy (non-hydrogen) atoms. The highest BCUT2D eigenvalue weighted by molar-refractivity contribution is 5.95. The number of likely N-dealkylation sites (tertiary alicyclic amines) is 1. The summed E-state index contributed by atoms with van der Waals surface area (Å²) in [6.07, 6.45) is 3.64. The van der Waals surface area contributed by atoms with Gasteiger partial charge in [0.05, 0.1) is 7.11 Å². The highest BCUT2D eigenvalue weighted by Crippen LogP contribution is 2.47. The van der Waals surface area contributed by atoms with Gasteiger partial charge in [-0.05, 0) is 86.0 Å². The number of fused-ring (bicyclic) bond motifs is 1. The molecule has 0 spiro atoms. The highest BCUT2D eigenvalue weighted by atomic mass is 16.5. The molecular weight excluding hydrogens is 438 g/mol. The van der Waals surface area contributed by atoms with Crippen LogP contribution < -0.4 is 14.2 Å². The summed E-state index contributed by atoms with van der Waals surface area (Å²) < 4.78 is 18.1. The topological polar surface area (TPSA) is 51.2 Å². The molecule has 5 nitrogen and oxygen atoms in total. The minimum atomic E-state index is -0.290. The third-order valence-electron chi connectivity index (χ3n) is 6.99. The zero-order valence-corrected chi connectivity index (χ0v) is 20.5. The minimum absolute atomic E-state index is 0.247. The van der Waals surface area contributed by atoms with Crippen LogP contribution in [0.4, 0.5) is 0 Å². The zero-order chi connectivity index (χ0) is 24.2. The lowest BCUT2D eigenvalue weighted by Crippen LogP contribution is -2.33. The monoisotopic (exact) mass is 471 g/mol. The molecule has 5 rings (SSSR count). The fourth-order valence-electron chi connectivity index (χ4n) is 5.02. The van der Waals surface area contributed by atoms with Crippen LogP contribution in [0.3, 0.4) is 0 Å². The maximum Gasteiger partial charge on any atom is 0.150 e. The van der Waals surface area contributed by atoms with Crippen molar-refractivity contribution in [2.75, 3.05) is 33.4 Å². The average Bonchev–Trinajstić information content (AvgIpc) is 2.90. The van der Waals surface area contributed by atoms with Gasteiger partial charge < -0.3 is 19.3 Å². The van der Waals surface area contributed by atoms with E-state index in [1.54, 1.807) is 19.2 Å². The van der Waals surface area contributed by atoms with E-state index in [2.05, 4.69) is 24.0 Å². The molecule has 3 aromatic carbocycles. The summed E-state index contributed by atoms with van der Waals surface area (Å²) in [5.41, 5.74) is 5.34. The van der Waals surface area contributed by atoms with Crippen LogP contribution in [-0.4, -0.2) is 43.4 Å². The molecule has 0 amide bonds. The Morgan fingerprint density at radius 3 is 2.34 bits per heavy atom. The van der Waals surface area contributed by atoms with Gasteiger partial charge in [0, 0.05) is 23.7 Å². The zero-order valence-electron chi connectivity index (χ0n) is 20.5. The van der Waals surface area contributed by atoms with Gasteiger partial charge in [0.1, 0.15) is 35.7 Å². The molecular formula is C30H33NO4. The molecule has 2 aliphatic rings. The molecule has 0 unspecified atom stereocenters. The molecule has 5 heteroatoms. The quantitative estimate of drug-likeness (QED) is 0.436. The average molecular weight is 472 g/mol. The van der Waals surface area contributed by atoms with E-state index >= 15 is 0 Å². The fraction of sp³-hybridized carbons (Fsp3) is 0.333. The van der Waals surface area contributed by atoms with Crippen molar-refractivity contribution in [2.24, 2.45) is 0 Å². The van der Waals surface area contributed by atoms with Crippen molar-refractivity contribution in [3.8, 4) is 23.0 Å². The van der Waals surface area contributed by atoms with Crippen molar-refractivity contribution in [2.45, 2.75) is 32.3 Å². The van der Waals surface area contributed by atoms with Crippen LogP contribution in [0.1, 0.15) is 49.0 Å². The first-order chi connectivity index (χ1) is 17.1. The third kappa shape index (κ3) is 5.15. The molecule has 0 saturated carbocycles. The molecule has 2 aliphatic heterocycles. The van der Waals surface area contributed by atoms with Crippen LogP contribution in [0.15, 0.2) is 66.7 Å². The van der Waals surface area contributed by atoms with E-state index in [1.807, 2.05) is 42.5 Å². The van der Waals surface area contributed by atoms with E-state index in [1.165, 1.54) is 32.4 Å². The van der Waals surface area contributed by atoms with Crippen molar-refractivity contribution in [1.29, 1.82) is 0 Å². The molecule has 1 saturated heterocycles. The Morgan fingerprint density at radius 1 is 0.914 bits per heavy atom. The number of allylic oxidation sites excluding steroid dienone is 1. The van der Waals surface area contributed by atoms with Crippen molar-refractivity contribution < 1.29 is 19.3 Å². The highest BCUT2D eigenvalue weighted by Gasteiger charge is 2.29. The standard InChI is InChI=1S/C30H33NO4/c1-21-27-15-14-26(33-2)20-28(27)35-30(29(21)22-6-10-24(32)11-7-22)23-8-12-25(13-9-23)34-19-18-31-16-4-3-5-17-31/h6-15,20,30,32H,3-5,16-19H2,1-2H3/t30-/m0/s1. The first-order valence-electron chi connectivity index (χ1n) is 12.4. The van der Waals surface area contributed by atoms with E-state index in [0.717, 1.165) is 51.6 Å². The van der Waals surface area contributed by atoms with Gasteiger partial charge in [0.25, 0.3) is 0 Å². The van der Waals surface area contributed by atoms with Crippen molar-refractivity contribution in [1.82, 2.24) is 4.90 Å². The number of aromatic hydroxyl groups is 1. The third-order valence-corrected chi connectivity index (χ3v) is 6.99. The molecule has 1 atom stereocenters. The largest absolute Gasteiger partial charge is 0.508 e. The van der Waals surface area contributed by atoms with E-state index in [4.69, 9.17) is 14.2 Å². The summed E-state index contributed by atoms with van der Waals surface area (Å²) in [5, 5.41) is 9.83. The van der Waals surface area contributed by atoms with Gasteiger partial charge in [0.2, 0.25) is 0 Å². The van der Waals surface area contributed by atoms with Gasteiger partial charge >= 0.3 is 0 Å². The van der Waals surface area contributed by atoms with Crippen LogP contribution in [-0.2, 0) is 0 Å². The van der Waals surface area contributed by atoms with Crippen molar-refractivity contribution in [3.05, 3.63) is 83.4 Å². The Morgan fingerprint density at radius 2 is 1.63 bits per heavy atom. The van der Waals surface area contributed by atoms with E-state index < -0.39 is 0 Å². The Hall–Kier alpha value is -3.44. The van der Waals surface area contributed by atoms with Crippen LogP contribution in [0.5, 0.6) is 23.0 Å². The number of hydrogen-bond donors (Lipinski definition) is 1. The summed E-state index contributed by atoms with van der Waals surface area (Å²) in [6, 6.07) is 21.5. The minimum Gasteiger partial charge on any atom is -0.508 e. The number of rotatable bonds is 7. The van der Waals surface area contributed by atoms with Crippen LogP contribution in [0.25, 0.3) is 11.1 Å². The smallest absolute Gasteiger partial charge is 0.150 e. The molecule has 1 N–H and O–H groups in total. The first-order valence-corrected chi connectivity index (χ1v) is 12.4. The number of piperidine rings is 1. The number of methoxy groups -OCH3 is 1. The van der Waals surface area contributed by atoms with E-state index in [0.29, 0.717) is 6.61 Å². The van der Waals surface area contributed by atoms with E-state index in [-0.39, 0.29) is 11.9 Å². The molecule has 0 aliphatic carbocycles. The molecule has 1 fully saturated rings. The van der Waals surface area contributed by atoms with Gasteiger partial charge in [-0.15, -0.1) is 0 Å². The van der Waals surface area contributed by atoms with Gasteiger partial charge in [-0.3, -0.25) is 4.90 Å². The second-order valence-electron chi connectivity index (χ2n) is 9.27. The second-order valence-corrected chi connectivity index (χ2v) is 9.27. The molecule has 182 valence electrons. The molecule has 3 aromatic rings. The van der Waals surface area contributed by atoms with Gasteiger partial charge in [-0.2, -0.15) is 0 Å². The number of phenols is 1. The van der Waals surface area contributed by atoms with Gasteiger partial charge in [-0.1, -0.05) is 30.7 Å². The maximum absolute atomic E-state index is 9.83. The lowest BCUT2D eigenvalue weighted by atomic mass is 9.86. The number of phenolic OH excluding ortho intramolecular Hbond substituents is 1. The number of ether oxygens (including phenoxy) is 3. The summed E-state index contributed by atoms with van der Waals surface area (Å²) >= 11 is 0. The van der Waals surface area contributed by atoms with Crippen LogP contribution >= 0.6 is 0 Å². The summed E-state index contributed by atoms with van der Waals surface area (Å²) in [7, 11) is 1.66. The second kappa shape index (κ2) is 10.4. The Balaban J connectivity index is 1.40. The summed E-state index contributed by atoms with van der Waals surface area (Å²) in [5.74, 6) is 2.68. The Kier molecular flexibility index (Phi) is 6.96. The lowest BCUT2D eigenvalue weighted by Gasteiger charge is -2.31. The maximum atomic E-state index is 9.83. The normalized spacial score (nSPS) is 18.1. The Labute approximate surface area is 207 Å². The molecule has 2 heterocycles. The Bertz CT molecular complexity index is 1180. The number of nitrogens with zero attached hydrogens (tertiary/aromatic N) is 1. The molecule has 0 bridgehead atoms. The van der Waals surface area contributed by atoms with Gasteiger partial charge in [0.15, 0.2) is 0 Å². The van der Waals surface area contributed by atoms with Crippen LogP contribution in [0.2, 0.25) is 0 Å². The lowest BCUT2D eigenvalue weighted by molar-refractivity contribution is 0.183. The summed E-state index contributed by atoms with van der Waals surface area (Å²) in [6.45, 7) is 6.16. The van der Waals surface area contributed by atoms with Gasteiger partial charge in [-0.25, -0.2) is 0 Å². The van der Waals surface area contributed by atoms with E-state index in [9.17, 15) is 5.11 Å². The number of benzene rings is 3.